The standard InChI is InChI=1S/C26H25N5O2S/c1-15(2)18-9-5-7-11-21(18)30-24(33)19-10-6-8-12-22(19)31-25(30)28-29-26(31)34-14-23(32)20-13-16(3)27-17(20)4/h5-13,15,27H,14H2,1-4H3. The molecular formula is C26H25N5O2S. The minimum absolute atomic E-state index is 0.0198. The molecule has 8 heteroatoms. The lowest BCUT2D eigenvalue weighted by atomic mass is 10.0. The van der Waals surface area contributed by atoms with Gasteiger partial charge in [-0.2, -0.15) is 0 Å². The Hall–Kier alpha value is -3.65. The molecule has 0 unspecified atom stereocenters. The highest BCUT2D eigenvalue weighted by Gasteiger charge is 2.21. The summed E-state index contributed by atoms with van der Waals surface area (Å²) in [7, 11) is 0. The fourth-order valence-electron chi connectivity index (χ4n) is 4.39. The van der Waals surface area contributed by atoms with Crippen molar-refractivity contribution < 1.29 is 4.79 Å². The Bertz CT molecular complexity index is 1610. The highest BCUT2D eigenvalue weighted by molar-refractivity contribution is 7.99. The summed E-state index contributed by atoms with van der Waals surface area (Å²) in [5, 5.41) is 9.95. The zero-order chi connectivity index (χ0) is 24.0. The molecule has 172 valence electrons. The number of para-hydroxylation sites is 2. The summed E-state index contributed by atoms with van der Waals surface area (Å²) >= 11 is 1.32. The van der Waals surface area contributed by atoms with E-state index in [1.54, 1.807) is 4.57 Å². The Morgan fingerprint density at radius 1 is 1.06 bits per heavy atom. The monoisotopic (exact) mass is 471 g/mol. The number of aromatic amines is 1. The number of thioether (sulfide) groups is 1. The first-order valence-corrected chi connectivity index (χ1v) is 12.2. The van der Waals surface area contributed by atoms with Crippen LogP contribution in [0.4, 0.5) is 0 Å². The topological polar surface area (TPSA) is 85.0 Å². The number of nitrogens with one attached hydrogen (secondary N) is 1. The predicted molar refractivity (Wildman–Crippen MR) is 136 cm³/mol. The Morgan fingerprint density at radius 2 is 1.79 bits per heavy atom. The molecule has 7 nitrogen and oxygen atoms in total. The molecule has 0 fully saturated rings. The van der Waals surface area contributed by atoms with E-state index in [2.05, 4.69) is 29.0 Å². The molecule has 0 atom stereocenters. The van der Waals surface area contributed by atoms with Crippen LogP contribution in [0.3, 0.4) is 0 Å². The molecule has 0 spiro atoms. The third-order valence-electron chi connectivity index (χ3n) is 5.98. The molecule has 2 aromatic carbocycles. The minimum Gasteiger partial charge on any atom is -0.362 e. The zero-order valence-electron chi connectivity index (χ0n) is 19.5. The molecule has 0 aliphatic heterocycles. The maximum absolute atomic E-state index is 13.6. The highest BCUT2D eigenvalue weighted by Crippen LogP contribution is 2.27. The van der Waals surface area contributed by atoms with Gasteiger partial charge in [-0.15, -0.1) is 10.2 Å². The van der Waals surface area contributed by atoms with Gasteiger partial charge in [-0.05, 0) is 49.6 Å². The quantitative estimate of drug-likeness (QED) is 0.276. The van der Waals surface area contributed by atoms with Gasteiger partial charge in [0.1, 0.15) is 0 Å². The van der Waals surface area contributed by atoms with Crippen LogP contribution in [0, 0.1) is 13.8 Å². The van der Waals surface area contributed by atoms with Gasteiger partial charge in [0.05, 0.1) is 22.3 Å². The number of Topliss-reactive ketones (excluding diaryl/α,β-unsaturated/α-hetero) is 1. The van der Waals surface area contributed by atoms with E-state index >= 15 is 0 Å². The van der Waals surface area contributed by atoms with Crippen molar-refractivity contribution in [3.63, 3.8) is 0 Å². The van der Waals surface area contributed by atoms with Gasteiger partial charge in [-0.1, -0.05) is 55.9 Å². The number of ketones is 1. The first-order valence-electron chi connectivity index (χ1n) is 11.2. The molecule has 0 saturated carbocycles. The number of H-pyrrole nitrogens is 1. The van der Waals surface area contributed by atoms with Crippen LogP contribution in [-0.2, 0) is 0 Å². The molecule has 0 aliphatic rings. The second kappa shape index (κ2) is 8.61. The molecule has 0 bridgehead atoms. The van der Waals surface area contributed by atoms with Crippen LogP contribution in [0.1, 0.15) is 47.1 Å². The molecule has 5 aromatic rings. The van der Waals surface area contributed by atoms with Gasteiger partial charge < -0.3 is 4.98 Å². The van der Waals surface area contributed by atoms with Crippen molar-refractivity contribution in [2.75, 3.05) is 5.75 Å². The summed E-state index contributed by atoms with van der Waals surface area (Å²) in [6, 6.07) is 17.2. The van der Waals surface area contributed by atoms with Crippen LogP contribution in [0.2, 0.25) is 0 Å². The summed E-state index contributed by atoms with van der Waals surface area (Å²) in [6.07, 6.45) is 0. The van der Waals surface area contributed by atoms with Crippen LogP contribution in [0.25, 0.3) is 22.4 Å². The first kappa shape index (κ1) is 22.2. The Balaban J connectivity index is 1.68. The van der Waals surface area contributed by atoms with Crippen molar-refractivity contribution in [2.45, 2.75) is 38.8 Å². The van der Waals surface area contributed by atoms with Crippen LogP contribution in [-0.4, -0.2) is 35.7 Å². The number of nitrogens with zero attached hydrogens (tertiary/aromatic N) is 4. The Morgan fingerprint density at radius 3 is 2.53 bits per heavy atom. The van der Waals surface area contributed by atoms with Crippen molar-refractivity contribution in [1.82, 2.24) is 24.1 Å². The van der Waals surface area contributed by atoms with E-state index in [4.69, 9.17) is 0 Å². The molecular weight excluding hydrogens is 446 g/mol. The summed E-state index contributed by atoms with van der Waals surface area (Å²) < 4.78 is 3.51. The number of fused-ring (bicyclic) bond motifs is 3. The van der Waals surface area contributed by atoms with Gasteiger partial charge in [0.2, 0.25) is 5.78 Å². The van der Waals surface area contributed by atoms with Gasteiger partial charge in [0, 0.05) is 17.0 Å². The van der Waals surface area contributed by atoms with Crippen molar-refractivity contribution in [1.29, 1.82) is 0 Å². The SMILES string of the molecule is Cc1cc(C(=O)CSc2nnc3n(-c4ccccc4C(C)C)c(=O)c4ccccc4n23)c(C)[nH]1. The smallest absolute Gasteiger partial charge is 0.267 e. The fourth-order valence-corrected chi connectivity index (χ4v) is 5.21. The maximum Gasteiger partial charge on any atom is 0.267 e. The number of aromatic nitrogens is 5. The molecule has 3 heterocycles. The molecule has 0 aliphatic carbocycles. The fraction of sp³-hybridized carbons (Fsp3) is 0.231. The third-order valence-corrected chi connectivity index (χ3v) is 6.91. The highest BCUT2D eigenvalue weighted by atomic mass is 32.2. The van der Waals surface area contributed by atoms with E-state index in [1.807, 2.05) is 72.8 Å². The lowest BCUT2D eigenvalue weighted by molar-refractivity contribution is 0.102. The van der Waals surface area contributed by atoms with Crippen LogP contribution in [0.5, 0.6) is 0 Å². The summed E-state index contributed by atoms with van der Waals surface area (Å²) in [5.74, 6) is 0.887. The molecule has 0 saturated heterocycles. The van der Waals surface area contributed by atoms with E-state index in [0.717, 1.165) is 28.2 Å². The number of hydrogen-bond donors (Lipinski definition) is 1. The summed E-state index contributed by atoms with van der Waals surface area (Å²) in [4.78, 5) is 29.7. The van der Waals surface area contributed by atoms with E-state index in [9.17, 15) is 9.59 Å². The maximum atomic E-state index is 13.6. The number of benzene rings is 2. The third kappa shape index (κ3) is 3.64. The predicted octanol–water partition coefficient (Wildman–Crippen LogP) is 5.08. The Labute approximate surface area is 200 Å². The lowest BCUT2D eigenvalue weighted by Crippen LogP contribution is -2.23. The molecule has 0 amide bonds. The summed E-state index contributed by atoms with van der Waals surface area (Å²) in [6.45, 7) is 8.03. The normalized spacial score (nSPS) is 11.7. The molecule has 1 N–H and O–H groups in total. The second-order valence-corrected chi connectivity index (χ2v) is 9.63. The molecule has 34 heavy (non-hydrogen) atoms. The summed E-state index contributed by atoms with van der Waals surface area (Å²) in [5.41, 5.74) is 4.91. The van der Waals surface area contributed by atoms with Gasteiger partial charge in [0.15, 0.2) is 10.9 Å². The first-order chi connectivity index (χ1) is 16.4. The van der Waals surface area contributed by atoms with Crippen LogP contribution < -0.4 is 5.56 Å². The van der Waals surface area contributed by atoms with Gasteiger partial charge >= 0.3 is 0 Å². The number of rotatable bonds is 6. The minimum atomic E-state index is -0.144. The molecule has 5 rings (SSSR count). The van der Waals surface area contributed by atoms with Crippen molar-refractivity contribution in [2.24, 2.45) is 0 Å². The average Bonchev–Trinajstić information content (AvgIpc) is 3.40. The van der Waals surface area contributed by atoms with E-state index in [0.29, 0.717) is 21.9 Å². The molecule has 0 radical (unpaired) electrons. The average molecular weight is 472 g/mol. The number of aryl methyl sites for hydroxylation is 2. The lowest BCUT2D eigenvalue weighted by Gasteiger charge is -2.16. The van der Waals surface area contributed by atoms with Gasteiger partial charge in [-0.25, -0.2) is 4.57 Å². The van der Waals surface area contributed by atoms with Crippen molar-refractivity contribution in [3.8, 4) is 5.69 Å². The van der Waals surface area contributed by atoms with E-state index < -0.39 is 0 Å². The van der Waals surface area contributed by atoms with Gasteiger partial charge in [-0.3, -0.25) is 14.0 Å². The number of carbonyl (C=O) groups is 1. The second-order valence-electron chi connectivity index (χ2n) is 8.69. The van der Waals surface area contributed by atoms with Crippen LogP contribution in [0.15, 0.2) is 64.5 Å². The van der Waals surface area contributed by atoms with Crippen molar-refractivity contribution in [3.05, 3.63) is 87.5 Å². The van der Waals surface area contributed by atoms with Gasteiger partial charge in [0.25, 0.3) is 5.56 Å². The molecule has 3 aromatic heterocycles. The van der Waals surface area contributed by atoms with E-state index in [1.165, 1.54) is 11.8 Å². The number of carbonyl (C=O) groups excluding carboxylic acids is 1. The van der Waals surface area contributed by atoms with E-state index in [-0.39, 0.29) is 23.0 Å². The Kier molecular flexibility index (Phi) is 5.61. The number of hydrogen-bond acceptors (Lipinski definition) is 5. The zero-order valence-corrected chi connectivity index (χ0v) is 20.3. The van der Waals surface area contributed by atoms with Crippen LogP contribution >= 0.6 is 11.8 Å². The largest absolute Gasteiger partial charge is 0.362 e. The van der Waals surface area contributed by atoms with Crippen molar-refractivity contribution >= 4 is 34.2 Å².